The van der Waals surface area contributed by atoms with Crippen LogP contribution in [0.4, 0.5) is 0 Å². The van der Waals surface area contributed by atoms with Gasteiger partial charge in [0.2, 0.25) is 0 Å². The predicted octanol–water partition coefficient (Wildman–Crippen LogP) is 1.85. The molecule has 0 fully saturated rings. The number of hydrogen-bond donors (Lipinski definition) is 3. The molecular weight excluding hydrogens is 254 g/mol. The van der Waals surface area contributed by atoms with Crippen molar-refractivity contribution in [3.05, 3.63) is 34.9 Å². The lowest BCUT2D eigenvalue weighted by Crippen LogP contribution is -2.37. The summed E-state index contributed by atoms with van der Waals surface area (Å²) in [4.78, 5) is 0. The van der Waals surface area contributed by atoms with Crippen molar-refractivity contribution in [1.29, 1.82) is 0 Å². The Morgan fingerprint density at radius 1 is 1.45 bits per heavy atom. The summed E-state index contributed by atoms with van der Waals surface area (Å²) in [6.45, 7) is 7.83. The van der Waals surface area contributed by atoms with Crippen LogP contribution < -0.4 is 11.1 Å². The maximum atomic E-state index is 8.68. The van der Waals surface area contributed by atoms with Gasteiger partial charge in [-0.3, -0.25) is 0 Å². The fraction of sp³-hybridized carbons (Fsp3) is 0.533. The summed E-state index contributed by atoms with van der Waals surface area (Å²) in [5.74, 6) is 0.638. The summed E-state index contributed by atoms with van der Waals surface area (Å²) in [6, 6.07) is 6.11. The van der Waals surface area contributed by atoms with E-state index in [1.165, 1.54) is 5.56 Å². The van der Waals surface area contributed by atoms with Crippen molar-refractivity contribution in [2.75, 3.05) is 13.7 Å². The van der Waals surface area contributed by atoms with Crippen LogP contribution >= 0.6 is 0 Å². The van der Waals surface area contributed by atoms with Gasteiger partial charge >= 0.3 is 0 Å². The Kier molecular flexibility index (Phi) is 6.48. The first-order chi connectivity index (χ1) is 9.49. The van der Waals surface area contributed by atoms with Crippen LogP contribution in [0, 0.1) is 12.8 Å². The number of amidine groups is 1. The normalized spacial score (nSPS) is 13.8. The molecule has 0 saturated heterocycles. The van der Waals surface area contributed by atoms with Crippen LogP contribution in [-0.2, 0) is 11.3 Å². The second-order valence-corrected chi connectivity index (χ2v) is 5.31. The molecule has 0 aliphatic carbocycles. The Morgan fingerprint density at radius 2 is 2.15 bits per heavy atom. The molecule has 1 unspecified atom stereocenters. The van der Waals surface area contributed by atoms with Crippen LogP contribution in [0.5, 0.6) is 0 Å². The van der Waals surface area contributed by atoms with Crippen molar-refractivity contribution >= 4 is 5.84 Å². The van der Waals surface area contributed by atoms with Gasteiger partial charge in [0.05, 0.1) is 6.61 Å². The van der Waals surface area contributed by atoms with Crippen molar-refractivity contribution in [3.8, 4) is 0 Å². The molecule has 0 aliphatic rings. The number of benzene rings is 1. The standard InChI is InChI=1S/C15H25N3O2/c1-10(2)14(9-20-4)17-8-13-6-5-12(7-11(13)3)15(16)18-19/h5-7,10,14,17,19H,8-9H2,1-4H3,(H2,16,18). The number of rotatable bonds is 7. The van der Waals surface area contributed by atoms with Crippen LogP contribution in [0.1, 0.15) is 30.5 Å². The zero-order chi connectivity index (χ0) is 15.1. The monoisotopic (exact) mass is 279 g/mol. The Morgan fingerprint density at radius 3 is 2.65 bits per heavy atom. The lowest BCUT2D eigenvalue weighted by atomic mass is 10.0. The first-order valence-electron chi connectivity index (χ1n) is 6.79. The third-order valence-corrected chi connectivity index (χ3v) is 3.45. The largest absolute Gasteiger partial charge is 0.409 e. The summed E-state index contributed by atoms with van der Waals surface area (Å²) in [6.07, 6.45) is 0. The van der Waals surface area contributed by atoms with Gasteiger partial charge in [-0.25, -0.2) is 0 Å². The molecule has 0 bridgehead atoms. The zero-order valence-electron chi connectivity index (χ0n) is 12.7. The molecule has 0 heterocycles. The zero-order valence-corrected chi connectivity index (χ0v) is 12.7. The molecule has 0 amide bonds. The van der Waals surface area contributed by atoms with E-state index in [0.717, 1.165) is 17.7 Å². The lowest BCUT2D eigenvalue weighted by Gasteiger charge is -2.22. The Bertz CT molecular complexity index is 458. The number of methoxy groups -OCH3 is 1. The van der Waals surface area contributed by atoms with Gasteiger partial charge in [-0.1, -0.05) is 31.1 Å². The first-order valence-corrected chi connectivity index (χ1v) is 6.79. The van der Waals surface area contributed by atoms with Crippen molar-refractivity contribution in [1.82, 2.24) is 5.32 Å². The summed E-state index contributed by atoms with van der Waals surface area (Å²) < 4.78 is 5.23. The Hall–Kier alpha value is -1.59. The predicted molar refractivity (Wildman–Crippen MR) is 81.0 cm³/mol. The Balaban J connectivity index is 2.73. The van der Waals surface area contributed by atoms with Crippen molar-refractivity contribution < 1.29 is 9.94 Å². The molecule has 5 nitrogen and oxygen atoms in total. The summed E-state index contributed by atoms with van der Waals surface area (Å²) >= 11 is 0. The highest BCUT2D eigenvalue weighted by atomic mass is 16.5. The molecule has 1 rings (SSSR count). The topological polar surface area (TPSA) is 79.9 Å². The molecule has 0 aromatic heterocycles. The van der Waals surface area contributed by atoms with Gasteiger partial charge in [0, 0.05) is 25.3 Å². The van der Waals surface area contributed by atoms with E-state index in [4.69, 9.17) is 15.7 Å². The molecule has 0 saturated carbocycles. The Labute approximate surface area is 120 Å². The second-order valence-electron chi connectivity index (χ2n) is 5.31. The minimum Gasteiger partial charge on any atom is -0.409 e. The summed E-state index contributed by atoms with van der Waals surface area (Å²) in [7, 11) is 1.72. The highest BCUT2D eigenvalue weighted by molar-refractivity contribution is 5.97. The number of oxime groups is 1. The number of nitrogens with one attached hydrogen (secondary N) is 1. The molecule has 1 aromatic rings. The number of nitrogens with two attached hydrogens (primary N) is 1. The molecule has 1 aromatic carbocycles. The van der Waals surface area contributed by atoms with E-state index in [1.807, 2.05) is 25.1 Å². The van der Waals surface area contributed by atoms with Crippen LogP contribution in [0.2, 0.25) is 0 Å². The summed E-state index contributed by atoms with van der Waals surface area (Å²) in [5, 5.41) is 15.2. The molecule has 5 heteroatoms. The van der Waals surface area contributed by atoms with Gasteiger partial charge in [-0.15, -0.1) is 0 Å². The average Bonchev–Trinajstić information content (AvgIpc) is 2.43. The molecule has 20 heavy (non-hydrogen) atoms. The van der Waals surface area contributed by atoms with E-state index in [2.05, 4.69) is 24.3 Å². The molecule has 0 spiro atoms. The molecule has 112 valence electrons. The van der Waals surface area contributed by atoms with E-state index in [9.17, 15) is 0 Å². The third kappa shape index (κ3) is 4.51. The molecule has 1 atom stereocenters. The number of hydrogen-bond acceptors (Lipinski definition) is 4. The van der Waals surface area contributed by atoms with Gasteiger partial charge in [-0.05, 0) is 30.0 Å². The van der Waals surface area contributed by atoms with E-state index in [1.54, 1.807) is 7.11 Å². The maximum absolute atomic E-state index is 8.68. The molecule has 0 aliphatic heterocycles. The SMILES string of the molecule is COCC(NCc1ccc(/C(N)=N/O)cc1C)C(C)C. The fourth-order valence-corrected chi connectivity index (χ4v) is 2.02. The molecule has 0 radical (unpaired) electrons. The van der Waals surface area contributed by atoms with Crippen LogP contribution in [0.15, 0.2) is 23.4 Å². The lowest BCUT2D eigenvalue weighted by molar-refractivity contribution is 0.146. The highest BCUT2D eigenvalue weighted by Crippen LogP contribution is 2.12. The smallest absolute Gasteiger partial charge is 0.170 e. The van der Waals surface area contributed by atoms with E-state index in [0.29, 0.717) is 18.6 Å². The van der Waals surface area contributed by atoms with E-state index < -0.39 is 0 Å². The maximum Gasteiger partial charge on any atom is 0.170 e. The van der Waals surface area contributed by atoms with Gasteiger partial charge in [-0.2, -0.15) is 0 Å². The van der Waals surface area contributed by atoms with Crippen molar-refractivity contribution in [2.24, 2.45) is 16.8 Å². The third-order valence-electron chi connectivity index (χ3n) is 3.45. The van der Waals surface area contributed by atoms with E-state index >= 15 is 0 Å². The van der Waals surface area contributed by atoms with E-state index in [-0.39, 0.29) is 5.84 Å². The summed E-state index contributed by atoms with van der Waals surface area (Å²) in [5.41, 5.74) is 8.62. The highest BCUT2D eigenvalue weighted by Gasteiger charge is 2.13. The minimum absolute atomic E-state index is 0.132. The van der Waals surface area contributed by atoms with Crippen LogP contribution in [0.3, 0.4) is 0 Å². The number of ether oxygens (including phenoxy) is 1. The van der Waals surface area contributed by atoms with Gasteiger partial charge < -0.3 is 21.0 Å². The van der Waals surface area contributed by atoms with Crippen LogP contribution in [0.25, 0.3) is 0 Å². The van der Waals surface area contributed by atoms with Crippen LogP contribution in [-0.4, -0.2) is 30.8 Å². The molecule has 4 N–H and O–H groups in total. The number of nitrogens with zero attached hydrogens (tertiary/aromatic N) is 1. The fourth-order valence-electron chi connectivity index (χ4n) is 2.02. The minimum atomic E-state index is 0.132. The van der Waals surface area contributed by atoms with Crippen molar-refractivity contribution in [2.45, 2.75) is 33.4 Å². The quantitative estimate of drug-likeness (QED) is 0.308. The molecular formula is C15H25N3O2. The van der Waals surface area contributed by atoms with Gasteiger partial charge in [0.1, 0.15) is 0 Å². The second kappa shape index (κ2) is 7.87. The average molecular weight is 279 g/mol. The van der Waals surface area contributed by atoms with Gasteiger partial charge in [0.15, 0.2) is 5.84 Å². The first kappa shape index (κ1) is 16.5. The van der Waals surface area contributed by atoms with Crippen molar-refractivity contribution in [3.63, 3.8) is 0 Å². The van der Waals surface area contributed by atoms with Gasteiger partial charge in [0.25, 0.3) is 0 Å². The number of aryl methyl sites for hydroxylation is 1.